The normalized spacial score (nSPS) is 30.3. The molecule has 0 aliphatic carbocycles. The van der Waals surface area contributed by atoms with E-state index >= 15 is 0 Å². The lowest BCUT2D eigenvalue weighted by Gasteiger charge is -2.32. The Morgan fingerprint density at radius 1 is 1.23 bits per heavy atom. The third-order valence-corrected chi connectivity index (χ3v) is 6.33. The number of aldehydes is 1. The molecule has 2 aliphatic heterocycles. The molecule has 0 amide bonds. The van der Waals surface area contributed by atoms with Crippen molar-refractivity contribution in [1.29, 1.82) is 0 Å². The number of benzene rings is 1. The number of nitrogens with zero attached hydrogens (tertiary/aromatic N) is 1. The van der Waals surface area contributed by atoms with Gasteiger partial charge in [-0.3, -0.25) is 0 Å². The molecule has 3 rings (SSSR count). The standard InChI is InChI=1S/C18H23NO6S/c1-5-10-19(26(21,22)13-8-6-12(2)7-9-13)15-14(11-20)23-17-16(15)24-18(3,4)25-17/h5-9,11,14-17H,1,10H2,2-4H3/t14-,15+,16-,17-/m1/s1. The second-order valence-corrected chi connectivity index (χ2v) is 8.76. The molecule has 0 saturated carbocycles. The fourth-order valence-electron chi connectivity index (χ4n) is 3.31. The Hall–Kier alpha value is -1.58. The van der Waals surface area contributed by atoms with Crippen LogP contribution in [0, 0.1) is 6.92 Å². The van der Waals surface area contributed by atoms with Crippen LogP contribution in [-0.4, -0.2) is 55.9 Å². The first kappa shape index (κ1) is 19.2. The first-order valence-electron chi connectivity index (χ1n) is 8.35. The summed E-state index contributed by atoms with van der Waals surface area (Å²) in [6, 6.07) is 5.69. The lowest BCUT2D eigenvalue weighted by Crippen LogP contribution is -2.51. The Kier molecular flexibility index (Phi) is 5.06. The van der Waals surface area contributed by atoms with Crippen molar-refractivity contribution in [3.63, 3.8) is 0 Å². The maximum Gasteiger partial charge on any atom is 0.243 e. The van der Waals surface area contributed by atoms with Crippen molar-refractivity contribution >= 4 is 16.3 Å². The summed E-state index contributed by atoms with van der Waals surface area (Å²) in [5, 5.41) is 0. The second-order valence-electron chi connectivity index (χ2n) is 6.87. The van der Waals surface area contributed by atoms with Crippen LogP contribution in [0.2, 0.25) is 0 Å². The van der Waals surface area contributed by atoms with E-state index in [1.807, 2.05) is 6.92 Å². The number of sulfonamides is 1. The SMILES string of the molecule is C=CCN([C@@H]1[C@H]2OC(C)(C)O[C@H]2O[C@@H]1C=O)S(=O)(=O)c1ccc(C)cc1. The van der Waals surface area contributed by atoms with Gasteiger partial charge in [0.2, 0.25) is 10.0 Å². The highest BCUT2D eigenvalue weighted by molar-refractivity contribution is 7.89. The second kappa shape index (κ2) is 6.86. The van der Waals surface area contributed by atoms with Crippen LogP contribution in [-0.2, 0) is 29.0 Å². The highest BCUT2D eigenvalue weighted by Gasteiger charge is 2.58. The van der Waals surface area contributed by atoms with E-state index in [9.17, 15) is 13.2 Å². The van der Waals surface area contributed by atoms with Crippen LogP contribution in [0.25, 0.3) is 0 Å². The van der Waals surface area contributed by atoms with Gasteiger partial charge in [-0.2, -0.15) is 4.31 Å². The zero-order valence-electron chi connectivity index (χ0n) is 15.0. The zero-order valence-corrected chi connectivity index (χ0v) is 15.8. The van der Waals surface area contributed by atoms with Crippen LogP contribution in [0.1, 0.15) is 19.4 Å². The molecule has 0 unspecified atom stereocenters. The van der Waals surface area contributed by atoms with Crippen molar-refractivity contribution in [3.05, 3.63) is 42.5 Å². The highest BCUT2D eigenvalue weighted by Crippen LogP contribution is 2.40. The van der Waals surface area contributed by atoms with Crippen LogP contribution >= 0.6 is 0 Å². The molecule has 1 aromatic carbocycles. The largest absolute Gasteiger partial charge is 0.340 e. The molecule has 4 atom stereocenters. The van der Waals surface area contributed by atoms with Crippen LogP contribution in [0.3, 0.4) is 0 Å². The van der Waals surface area contributed by atoms with Gasteiger partial charge in [-0.25, -0.2) is 8.42 Å². The molecule has 26 heavy (non-hydrogen) atoms. The summed E-state index contributed by atoms with van der Waals surface area (Å²) in [6.07, 6.45) is -0.432. The van der Waals surface area contributed by atoms with E-state index < -0.39 is 40.4 Å². The van der Waals surface area contributed by atoms with Gasteiger partial charge in [0.05, 0.1) is 10.9 Å². The summed E-state index contributed by atoms with van der Waals surface area (Å²) < 4.78 is 44.8. The number of hydrogen-bond acceptors (Lipinski definition) is 6. The summed E-state index contributed by atoms with van der Waals surface area (Å²) in [6.45, 7) is 8.98. The van der Waals surface area contributed by atoms with E-state index in [0.717, 1.165) is 5.56 Å². The molecule has 0 bridgehead atoms. The van der Waals surface area contributed by atoms with E-state index in [1.54, 1.807) is 38.1 Å². The number of ether oxygens (including phenoxy) is 3. The van der Waals surface area contributed by atoms with Crippen molar-refractivity contribution < 1.29 is 27.4 Å². The van der Waals surface area contributed by atoms with Gasteiger partial charge in [-0.05, 0) is 32.9 Å². The fourth-order valence-corrected chi connectivity index (χ4v) is 4.92. The fraction of sp³-hybridized carbons (Fsp3) is 0.500. The van der Waals surface area contributed by atoms with Crippen molar-refractivity contribution in [2.75, 3.05) is 6.54 Å². The average molecular weight is 381 g/mol. The minimum Gasteiger partial charge on any atom is -0.340 e. The lowest BCUT2D eigenvalue weighted by atomic mass is 10.1. The van der Waals surface area contributed by atoms with E-state index in [0.29, 0.717) is 6.29 Å². The zero-order chi connectivity index (χ0) is 19.1. The molecular formula is C18H23NO6S. The number of rotatable bonds is 6. The Morgan fingerprint density at radius 3 is 2.46 bits per heavy atom. The van der Waals surface area contributed by atoms with Crippen LogP contribution in [0.15, 0.2) is 41.8 Å². The number of carbonyl (C=O) groups excluding carboxylic acids is 1. The highest BCUT2D eigenvalue weighted by atomic mass is 32.2. The topological polar surface area (TPSA) is 82.1 Å². The molecule has 0 spiro atoms. The summed E-state index contributed by atoms with van der Waals surface area (Å²) in [5.74, 6) is -0.922. The minimum absolute atomic E-state index is 0.0155. The van der Waals surface area contributed by atoms with Gasteiger partial charge >= 0.3 is 0 Å². The first-order valence-corrected chi connectivity index (χ1v) is 9.79. The van der Waals surface area contributed by atoms with E-state index in [4.69, 9.17) is 14.2 Å². The third-order valence-electron chi connectivity index (χ3n) is 4.46. The Labute approximate surface area is 153 Å². The number of fused-ring (bicyclic) bond motifs is 1. The van der Waals surface area contributed by atoms with Crippen molar-refractivity contribution in [1.82, 2.24) is 4.31 Å². The Bertz CT molecular complexity index is 788. The molecular weight excluding hydrogens is 358 g/mol. The predicted octanol–water partition coefficient (Wildman–Crippen LogP) is 1.62. The Morgan fingerprint density at radius 2 is 1.88 bits per heavy atom. The molecule has 0 N–H and O–H groups in total. The van der Waals surface area contributed by atoms with Gasteiger partial charge in [0, 0.05) is 6.54 Å². The molecule has 0 aromatic heterocycles. The van der Waals surface area contributed by atoms with Crippen LogP contribution in [0.4, 0.5) is 0 Å². The maximum atomic E-state index is 13.2. The average Bonchev–Trinajstić information content (AvgIpc) is 3.04. The Balaban J connectivity index is 2.01. The molecule has 1 aromatic rings. The lowest BCUT2D eigenvalue weighted by molar-refractivity contribution is -0.207. The van der Waals surface area contributed by atoms with E-state index in [-0.39, 0.29) is 11.4 Å². The van der Waals surface area contributed by atoms with Gasteiger partial charge in [0.1, 0.15) is 12.2 Å². The van der Waals surface area contributed by atoms with Crippen molar-refractivity contribution in [2.24, 2.45) is 0 Å². The number of carbonyl (C=O) groups is 1. The molecule has 0 radical (unpaired) electrons. The van der Waals surface area contributed by atoms with Gasteiger partial charge in [0.25, 0.3) is 0 Å². The third kappa shape index (κ3) is 3.35. The van der Waals surface area contributed by atoms with Gasteiger partial charge in [-0.15, -0.1) is 6.58 Å². The van der Waals surface area contributed by atoms with Crippen LogP contribution < -0.4 is 0 Å². The molecule has 2 aliphatic rings. The maximum absolute atomic E-state index is 13.2. The summed E-state index contributed by atoms with van der Waals surface area (Å²) in [4.78, 5) is 11.7. The molecule has 7 nitrogen and oxygen atoms in total. The quantitative estimate of drug-likeness (QED) is 0.550. The minimum atomic E-state index is -3.89. The molecule has 2 heterocycles. The molecule has 142 valence electrons. The summed E-state index contributed by atoms with van der Waals surface area (Å²) in [5.41, 5.74) is 0.948. The molecule has 2 saturated heterocycles. The predicted molar refractivity (Wildman–Crippen MR) is 93.8 cm³/mol. The van der Waals surface area contributed by atoms with Crippen molar-refractivity contribution in [2.45, 2.75) is 56.0 Å². The summed E-state index contributed by atoms with van der Waals surface area (Å²) >= 11 is 0. The molecule has 8 heteroatoms. The van der Waals surface area contributed by atoms with Crippen LogP contribution in [0.5, 0.6) is 0 Å². The monoisotopic (exact) mass is 381 g/mol. The van der Waals surface area contributed by atoms with Gasteiger partial charge in [-0.1, -0.05) is 23.8 Å². The number of aryl methyl sites for hydroxylation is 1. The van der Waals surface area contributed by atoms with Gasteiger partial charge < -0.3 is 19.0 Å². The van der Waals surface area contributed by atoms with E-state index in [2.05, 4.69) is 6.58 Å². The smallest absolute Gasteiger partial charge is 0.243 e. The van der Waals surface area contributed by atoms with Gasteiger partial charge in [0.15, 0.2) is 18.4 Å². The van der Waals surface area contributed by atoms with Crippen molar-refractivity contribution in [3.8, 4) is 0 Å². The summed E-state index contributed by atoms with van der Waals surface area (Å²) in [7, 11) is -3.89. The first-order chi connectivity index (χ1) is 12.2. The molecule has 2 fully saturated rings. The van der Waals surface area contributed by atoms with E-state index in [1.165, 1.54) is 10.4 Å². The number of hydrogen-bond donors (Lipinski definition) is 0.